The van der Waals surface area contributed by atoms with E-state index in [-0.39, 0.29) is 4.90 Å². The molecule has 94 valence electrons. The van der Waals surface area contributed by atoms with Gasteiger partial charge >= 0.3 is 5.97 Å². The number of carboxylic acid groups (broad SMARTS) is 1. The number of sulfonamides is 1. The first-order valence-electron chi connectivity index (χ1n) is 4.48. The van der Waals surface area contributed by atoms with E-state index in [4.69, 9.17) is 10.2 Å². The minimum absolute atomic E-state index is 0.0439. The number of rotatable bonds is 5. The lowest BCUT2D eigenvalue weighted by Gasteiger charge is -2.12. The van der Waals surface area contributed by atoms with Crippen molar-refractivity contribution in [1.82, 2.24) is 4.72 Å². The molecule has 0 fully saturated rings. The predicted octanol–water partition coefficient (Wildman–Crippen LogP) is 0.0150. The van der Waals surface area contributed by atoms with Crippen LogP contribution in [0, 0.1) is 3.57 Å². The Morgan fingerprint density at radius 1 is 1.35 bits per heavy atom. The van der Waals surface area contributed by atoms with E-state index in [9.17, 15) is 13.2 Å². The molecule has 8 heteroatoms. The quantitative estimate of drug-likeness (QED) is 0.633. The third-order valence-electron chi connectivity index (χ3n) is 1.90. The molecule has 0 bridgehead atoms. The molecule has 6 nitrogen and oxygen atoms in total. The van der Waals surface area contributed by atoms with Gasteiger partial charge < -0.3 is 10.2 Å². The summed E-state index contributed by atoms with van der Waals surface area (Å²) in [7, 11) is -3.93. The highest BCUT2D eigenvalue weighted by Crippen LogP contribution is 2.12. The molecule has 17 heavy (non-hydrogen) atoms. The van der Waals surface area contributed by atoms with E-state index in [1.807, 2.05) is 27.3 Å². The smallest absolute Gasteiger partial charge is 0.324 e. The molecular formula is C9H10INO5S. The van der Waals surface area contributed by atoms with Crippen LogP contribution in [-0.2, 0) is 14.8 Å². The highest BCUT2D eigenvalue weighted by molar-refractivity contribution is 14.1. The Hall–Kier alpha value is -0.710. The summed E-state index contributed by atoms with van der Waals surface area (Å²) in [5.74, 6) is -1.43. The van der Waals surface area contributed by atoms with Crippen LogP contribution in [0.25, 0.3) is 0 Å². The third-order valence-corrected chi connectivity index (χ3v) is 4.11. The molecule has 0 spiro atoms. The van der Waals surface area contributed by atoms with Crippen LogP contribution >= 0.6 is 22.6 Å². The van der Waals surface area contributed by atoms with Gasteiger partial charge in [0.15, 0.2) is 0 Å². The van der Waals surface area contributed by atoms with E-state index in [0.29, 0.717) is 0 Å². The summed E-state index contributed by atoms with van der Waals surface area (Å²) >= 11 is 2.02. The Bertz CT molecular complexity index is 499. The SMILES string of the molecule is O=C(O)[C@@H](CO)NS(=O)(=O)c1ccc(I)cc1. The second-order valence-corrected chi connectivity index (χ2v) is 6.11. The summed E-state index contributed by atoms with van der Waals surface area (Å²) in [6, 6.07) is 4.35. The fourth-order valence-corrected chi connectivity index (χ4v) is 2.57. The molecule has 1 aromatic rings. The lowest BCUT2D eigenvalue weighted by Crippen LogP contribution is -2.43. The zero-order chi connectivity index (χ0) is 13.1. The average Bonchev–Trinajstić information content (AvgIpc) is 2.26. The van der Waals surface area contributed by atoms with E-state index in [1.165, 1.54) is 12.1 Å². The molecule has 3 N–H and O–H groups in total. The highest BCUT2D eigenvalue weighted by atomic mass is 127. The van der Waals surface area contributed by atoms with Crippen LogP contribution in [0.2, 0.25) is 0 Å². The molecule has 0 aromatic heterocycles. The number of aliphatic carboxylic acids is 1. The Labute approximate surface area is 112 Å². The number of benzene rings is 1. The van der Waals surface area contributed by atoms with Crippen molar-refractivity contribution in [1.29, 1.82) is 0 Å². The van der Waals surface area contributed by atoms with Gasteiger partial charge in [-0.25, -0.2) is 8.42 Å². The Morgan fingerprint density at radius 3 is 2.29 bits per heavy atom. The summed E-state index contributed by atoms with van der Waals surface area (Å²) in [6.45, 7) is -0.807. The van der Waals surface area contributed by atoms with Crippen LogP contribution in [0.15, 0.2) is 29.2 Å². The van der Waals surface area contributed by atoms with Crippen LogP contribution in [0.1, 0.15) is 0 Å². The first-order valence-corrected chi connectivity index (χ1v) is 7.04. The highest BCUT2D eigenvalue weighted by Gasteiger charge is 2.24. The Balaban J connectivity index is 2.96. The van der Waals surface area contributed by atoms with Gasteiger partial charge in [-0.15, -0.1) is 0 Å². The molecule has 0 heterocycles. The number of hydrogen-bond donors (Lipinski definition) is 3. The second-order valence-electron chi connectivity index (χ2n) is 3.15. The van der Waals surface area contributed by atoms with Crippen molar-refractivity contribution in [2.24, 2.45) is 0 Å². The first-order chi connectivity index (χ1) is 7.86. The van der Waals surface area contributed by atoms with E-state index in [1.54, 1.807) is 12.1 Å². The molecule has 0 saturated heterocycles. The van der Waals surface area contributed by atoms with Crippen molar-refractivity contribution in [3.8, 4) is 0 Å². The van der Waals surface area contributed by atoms with E-state index < -0.39 is 28.6 Å². The van der Waals surface area contributed by atoms with Gasteiger partial charge in [0.2, 0.25) is 10.0 Å². The van der Waals surface area contributed by atoms with Gasteiger partial charge in [0, 0.05) is 3.57 Å². The van der Waals surface area contributed by atoms with Gasteiger partial charge in [-0.05, 0) is 46.9 Å². The number of hydrogen-bond acceptors (Lipinski definition) is 4. The number of aliphatic hydroxyl groups excluding tert-OH is 1. The number of nitrogens with one attached hydrogen (secondary N) is 1. The number of carboxylic acids is 1. The molecular weight excluding hydrogens is 361 g/mol. The van der Waals surface area contributed by atoms with E-state index >= 15 is 0 Å². The van der Waals surface area contributed by atoms with Crippen LogP contribution in [0.4, 0.5) is 0 Å². The topological polar surface area (TPSA) is 104 Å². The van der Waals surface area contributed by atoms with Gasteiger partial charge in [-0.3, -0.25) is 4.79 Å². The van der Waals surface area contributed by atoms with Crippen molar-refractivity contribution < 1.29 is 23.4 Å². The monoisotopic (exact) mass is 371 g/mol. The summed E-state index contributed by atoms with van der Waals surface area (Å²) in [5, 5.41) is 17.4. The predicted molar refractivity (Wildman–Crippen MR) is 68.0 cm³/mol. The fraction of sp³-hybridized carbons (Fsp3) is 0.222. The molecule has 0 saturated carbocycles. The third kappa shape index (κ3) is 3.91. The van der Waals surface area contributed by atoms with Crippen LogP contribution in [0.5, 0.6) is 0 Å². The molecule has 0 aliphatic rings. The maximum absolute atomic E-state index is 11.7. The van der Waals surface area contributed by atoms with Crippen molar-refractivity contribution in [2.45, 2.75) is 10.9 Å². The Kier molecular flexibility index (Phi) is 4.86. The van der Waals surface area contributed by atoms with Crippen LogP contribution < -0.4 is 4.72 Å². The van der Waals surface area contributed by atoms with E-state index in [0.717, 1.165) is 3.57 Å². The summed E-state index contributed by atoms with van der Waals surface area (Å²) in [4.78, 5) is 10.6. The molecule has 1 rings (SSSR count). The molecule has 0 unspecified atom stereocenters. The first kappa shape index (κ1) is 14.4. The van der Waals surface area contributed by atoms with Gasteiger partial charge in [-0.1, -0.05) is 0 Å². The maximum Gasteiger partial charge on any atom is 0.324 e. The zero-order valence-corrected chi connectivity index (χ0v) is 11.5. The molecule has 1 atom stereocenters. The number of aliphatic hydroxyl groups is 1. The van der Waals surface area contributed by atoms with Crippen LogP contribution in [-0.4, -0.2) is 37.2 Å². The largest absolute Gasteiger partial charge is 0.480 e. The van der Waals surface area contributed by atoms with Crippen molar-refractivity contribution in [3.63, 3.8) is 0 Å². The van der Waals surface area contributed by atoms with Gasteiger partial charge in [0.05, 0.1) is 11.5 Å². The van der Waals surface area contributed by atoms with Crippen molar-refractivity contribution in [2.75, 3.05) is 6.61 Å². The second kappa shape index (κ2) is 5.76. The van der Waals surface area contributed by atoms with Crippen LogP contribution in [0.3, 0.4) is 0 Å². The van der Waals surface area contributed by atoms with Gasteiger partial charge in [-0.2, -0.15) is 4.72 Å². The van der Waals surface area contributed by atoms with Crippen molar-refractivity contribution in [3.05, 3.63) is 27.8 Å². The standard InChI is InChI=1S/C9H10INO5S/c10-6-1-3-7(4-2-6)17(15,16)11-8(5-12)9(13)14/h1-4,8,11-12H,5H2,(H,13,14)/t8-/m1/s1. The Morgan fingerprint density at radius 2 is 1.88 bits per heavy atom. The van der Waals surface area contributed by atoms with Gasteiger partial charge in [0.25, 0.3) is 0 Å². The lowest BCUT2D eigenvalue weighted by molar-refractivity contribution is -0.139. The molecule has 0 radical (unpaired) electrons. The zero-order valence-electron chi connectivity index (χ0n) is 8.50. The minimum atomic E-state index is -3.93. The fourth-order valence-electron chi connectivity index (χ4n) is 1.03. The summed E-state index contributed by atoms with van der Waals surface area (Å²) in [6.07, 6.45) is 0. The number of halogens is 1. The summed E-state index contributed by atoms with van der Waals surface area (Å²) < 4.78 is 26.2. The molecule has 0 amide bonds. The minimum Gasteiger partial charge on any atom is -0.480 e. The summed E-state index contributed by atoms with van der Waals surface area (Å²) in [5.41, 5.74) is 0. The lowest BCUT2D eigenvalue weighted by atomic mass is 10.3. The normalized spacial score (nSPS) is 13.3. The van der Waals surface area contributed by atoms with Crippen molar-refractivity contribution >= 4 is 38.6 Å². The molecule has 0 aliphatic carbocycles. The molecule has 0 aliphatic heterocycles. The molecule has 1 aromatic carbocycles. The average molecular weight is 371 g/mol. The van der Waals surface area contributed by atoms with Gasteiger partial charge in [0.1, 0.15) is 6.04 Å². The van der Waals surface area contributed by atoms with E-state index in [2.05, 4.69) is 0 Å². The maximum atomic E-state index is 11.7. The number of carbonyl (C=O) groups is 1.